The Hall–Kier alpha value is -2.59. The van der Waals surface area contributed by atoms with Gasteiger partial charge in [-0.25, -0.2) is 0 Å². The lowest BCUT2D eigenvalue weighted by Crippen LogP contribution is -2.42. The van der Waals surface area contributed by atoms with E-state index in [0.29, 0.717) is 12.5 Å². The van der Waals surface area contributed by atoms with Gasteiger partial charge in [0.05, 0.1) is 0 Å². The number of amides is 1. The summed E-state index contributed by atoms with van der Waals surface area (Å²) in [6.45, 7) is 8.19. The van der Waals surface area contributed by atoms with Crippen LogP contribution >= 0.6 is 0 Å². The van der Waals surface area contributed by atoms with E-state index in [1.807, 2.05) is 0 Å². The minimum atomic E-state index is 0.153. The van der Waals surface area contributed by atoms with Crippen LogP contribution in [0.2, 0.25) is 0 Å². The van der Waals surface area contributed by atoms with E-state index in [4.69, 9.17) is 0 Å². The first-order valence-corrected chi connectivity index (χ1v) is 11.7. The summed E-state index contributed by atoms with van der Waals surface area (Å²) in [4.78, 5) is 15.0. The summed E-state index contributed by atoms with van der Waals surface area (Å²) >= 11 is 0. The Morgan fingerprint density at radius 3 is 2.71 bits per heavy atom. The molecule has 0 spiro atoms. The Kier molecular flexibility index (Phi) is 7.08. The number of nitrogens with one attached hydrogen (secondary N) is 1. The minimum absolute atomic E-state index is 0.153. The number of rotatable bonds is 8. The van der Waals surface area contributed by atoms with Crippen molar-refractivity contribution in [3.63, 3.8) is 0 Å². The average Bonchev–Trinajstić information content (AvgIpc) is 3.13. The van der Waals surface area contributed by atoms with Crippen LogP contribution in [0.1, 0.15) is 49.3 Å². The SMILES string of the molecule is Cc1ccccc1Cn1cc(CCC(=O)NCCN2CCCC[C@H]2C)c2ccccc21. The Balaban J connectivity index is 1.36. The maximum atomic E-state index is 12.5. The lowest BCUT2D eigenvalue weighted by atomic mass is 10.0. The molecule has 2 aromatic carbocycles. The Labute approximate surface area is 186 Å². The van der Waals surface area contributed by atoms with E-state index in [-0.39, 0.29) is 5.91 Å². The molecule has 31 heavy (non-hydrogen) atoms. The third kappa shape index (κ3) is 5.37. The maximum absolute atomic E-state index is 12.5. The number of benzene rings is 2. The Morgan fingerprint density at radius 2 is 1.87 bits per heavy atom. The van der Waals surface area contributed by atoms with Crippen LogP contribution in [0.4, 0.5) is 0 Å². The van der Waals surface area contributed by atoms with Gasteiger partial charge in [-0.3, -0.25) is 9.69 Å². The third-order valence-electron chi connectivity index (χ3n) is 6.76. The zero-order valence-corrected chi connectivity index (χ0v) is 18.9. The molecule has 3 aromatic rings. The number of aromatic nitrogens is 1. The van der Waals surface area contributed by atoms with Crippen LogP contribution in [-0.4, -0.2) is 41.1 Å². The van der Waals surface area contributed by atoms with Crippen LogP contribution in [-0.2, 0) is 17.8 Å². The molecule has 4 heteroatoms. The number of hydrogen-bond donors (Lipinski definition) is 1. The van der Waals surface area contributed by atoms with Gasteiger partial charge in [0.25, 0.3) is 0 Å². The number of hydrogen-bond acceptors (Lipinski definition) is 2. The standard InChI is InChI=1S/C27H35N3O/c1-21-9-3-4-11-23(21)19-30-20-24(25-12-5-6-13-26(25)30)14-15-27(31)28-16-18-29-17-8-7-10-22(29)2/h3-6,9,11-13,20,22H,7-8,10,14-19H2,1-2H3,(H,28,31)/t22-/m1/s1. The first kappa shape index (κ1) is 21.6. The quantitative estimate of drug-likeness (QED) is 0.565. The monoisotopic (exact) mass is 417 g/mol. The number of para-hydroxylation sites is 1. The predicted octanol–water partition coefficient (Wildman–Crippen LogP) is 4.92. The molecule has 1 aliphatic rings. The van der Waals surface area contributed by atoms with Gasteiger partial charge in [0.1, 0.15) is 0 Å². The summed E-state index contributed by atoms with van der Waals surface area (Å²) in [6.07, 6.45) is 7.44. The van der Waals surface area contributed by atoms with E-state index in [0.717, 1.165) is 32.6 Å². The number of fused-ring (bicyclic) bond motifs is 1. The molecule has 4 rings (SSSR count). The van der Waals surface area contributed by atoms with Crippen molar-refractivity contribution >= 4 is 16.8 Å². The lowest BCUT2D eigenvalue weighted by Gasteiger charge is -2.33. The molecule has 0 aliphatic carbocycles. The largest absolute Gasteiger partial charge is 0.355 e. The van der Waals surface area contributed by atoms with Crippen LogP contribution in [0.25, 0.3) is 10.9 Å². The van der Waals surface area contributed by atoms with Gasteiger partial charge < -0.3 is 9.88 Å². The second-order valence-corrected chi connectivity index (χ2v) is 8.96. The van der Waals surface area contributed by atoms with Crippen LogP contribution in [0.15, 0.2) is 54.7 Å². The second kappa shape index (κ2) is 10.1. The van der Waals surface area contributed by atoms with Gasteiger partial charge in [0.15, 0.2) is 0 Å². The molecule has 1 saturated heterocycles. The summed E-state index contributed by atoms with van der Waals surface area (Å²) < 4.78 is 2.32. The maximum Gasteiger partial charge on any atom is 0.220 e. The van der Waals surface area contributed by atoms with Crippen molar-refractivity contribution in [3.05, 3.63) is 71.4 Å². The van der Waals surface area contributed by atoms with Crippen molar-refractivity contribution in [2.75, 3.05) is 19.6 Å². The molecule has 1 aliphatic heterocycles. The van der Waals surface area contributed by atoms with Crippen molar-refractivity contribution in [1.82, 2.24) is 14.8 Å². The summed E-state index contributed by atoms with van der Waals surface area (Å²) in [7, 11) is 0. The first-order valence-electron chi connectivity index (χ1n) is 11.7. The number of carbonyl (C=O) groups is 1. The molecule has 0 unspecified atom stereocenters. The number of piperidine rings is 1. The molecule has 0 saturated carbocycles. The fourth-order valence-electron chi connectivity index (χ4n) is 4.79. The molecular weight excluding hydrogens is 382 g/mol. The second-order valence-electron chi connectivity index (χ2n) is 8.96. The third-order valence-corrected chi connectivity index (χ3v) is 6.76. The highest BCUT2D eigenvalue weighted by atomic mass is 16.1. The smallest absolute Gasteiger partial charge is 0.220 e. The van der Waals surface area contributed by atoms with Crippen molar-refractivity contribution in [2.24, 2.45) is 0 Å². The topological polar surface area (TPSA) is 37.3 Å². The normalized spacial score (nSPS) is 17.2. The van der Waals surface area contributed by atoms with E-state index in [9.17, 15) is 4.79 Å². The van der Waals surface area contributed by atoms with Gasteiger partial charge in [-0.2, -0.15) is 0 Å². The van der Waals surface area contributed by atoms with Crippen LogP contribution < -0.4 is 5.32 Å². The molecule has 1 aromatic heterocycles. The number of carbonyl (C=O) groups excluding carboxylic acids is 1. The summed E-state index contributed by atoms with van der Waals surface area (Å²) in [5, 5.41) is 4.39. The molecular formula is C27H35N3O. The van der Waals surface area contributed by atoms with E-state index >= 15 is 0 Å². The molecule has 1 amide bonds. The van der Waals surface area contributed by atoms with Gasteiger partial charge >= 0.3 is 0 Å². The molecule has 164 valence electrons. The van der Waals surface area contributed by atoms with Crippen molar-refractivity contribution in [3.8, 4) is 0 Å². The number of aryl methyl sites for hydroxylation is 2. The highest BCUT2D eigenvalue weighted by Gasteiger charge is 2.17. The van der Waals surface area contributed by atoms with E-state index in [1.54, 1.807) is 0 Å². The van der Waals surface area contributed by atoms with Crippen LogP contribution in [0.3, 0.4) is 0 Å². The summed E-state index contributed by atoms with van der Waals surface area (Å²) in [6, 6.07) is 17.7. The van der Waals surface area contributed by atoms with Gasteiger partial charge in [-0.05, 0) is 62.4 Å². The number of likely N-dealkylation sites (tertiary alicyclic amines) is 1. The molecule has 1 N–H and O–H groups in total. The fraction of sp³-hybridized carbons (Fsp3) is 0.444. The fourth-order valence-corrected chi connectivity index (χ4v) is 4.79. The first-order chi connectivity index (χ1) is 15.1. The van der Waals surface area contributed by atoms with Gasteiger partial charge in [-0.1, -0.05) is 48.9 Å². The minimum Gasteiger partial charge on any atom is -0.355 e. The van der Waals surface area contributed by atoms with Crippen molar-refractivity contribution in [1.29, 1.82) is 0 Å². The predicted molar refractivity (Wildman–Crippen MR) is 128 cm³/mol. The summed E-state index contributed by atoms with van der Waals surface area (Å²) in [5.74, 6) is 0.153. The molecule has 0 radical (unpaired) electrons. The van der Waals surface area contributed by atoms with Gasteiger partial charge in [-0.15, -0.1) is 0 Å². The molecule has 4 nitrogen and oxygen atoms in total. The highest BCUT2D eigenvalue weighted by Crippen LogP contribution is 2.24. The van der Waals surface area contributed by atoms with Crippen LogP contribution in [0.5, 0.6) is 0 Å². The molecule has 2 heterocycles. The van der Waals surface area contributed by atoms with Crippen molar-refractivity contribution in [2.45, 2.75) is 58.5 Å². The number of nitrogens with zero attached hydrogens (tertiary/aromatic N) is 2. The Bertz CT molecular complexity index is 1020. The average molecular weight is 418 g/mol. The zero-order valence-electron chi connectivity index (χ0n) is 18.9. The van der Waals surface area contributed by atoms with Gasteiger partial charge in [0, 0.05) is 49.2 Å². The van der Waals surface area contributed by atoms with Crippen molar-refractivity contribution < 1.29 is 4.79 Å². The molecule has 1 fully saturated rings. The van der Waals surface area contributed by atoms with Gasteiger partial charge in [0.2, 0.25) is 5.91 Å². The van der Waals surface area contributed by atoms with E-state index in [2.05, 4.69) is 83.4 Å². The summed E-state index contributed by atoms with van der Waals surface area (Å²) in [5.41, 5.74) is 5.13. The lowest BCUT2D eigenvalue weighted by molar-refractivity contribution is -0.121. The van der Waals surface area contributed by atoms with E-state index < -0.39 is 0 Å². The molecule has 0 bridgehead atoms. The van der Waals surface area contributed by atoms with E-state index in [1.165, 1.54) is 46.9 Å². The molecule has 1 atom stereocenters. The Morgan fingerprint density at radius 1 is 1.06 bits per heavy atom. The zero-order chi connectivity index (χ0) is 21.6. The van der Waals surface area contributed by atoms with Crippen LogP contribution in [0, 0.1) is 6.92 Å². The highest BCUT2D eigenvalue weighted by molar-refractivity contribution is 5.85.